The largest absolute Gasteiger partial charge is 0.377 e. The molecule has 0 aliphatic heterocycles. The van der Waals surface area contributed by atoms with E-state index in [4.69, 9.17) is 11.2 Å². The molecule has 0 saturated carbocycles. The van der Waals surface area contributed by atoms with E-state index in [0.717, 1.165) is 5.56 Å². The summed E-state index contributed by atoms with van der Waals surface area (Å²) in [7, 11) is 3.29. The molecule has 1 rings (SSSR count). The number of anilines is 1. The number of ether oxygens (including phenoxy) is 1. The molecule has 1 amide bonds. The van der Waals surface area contributed by atoms with Crippen LogP contribution in [0.4, 0.5) is 5.69 Å². The van der Waals surface area contributed by atoms with Crippen molar-refractivity contribution < 1.29 is 9.53 Å². The number of nitrogens with zero attached hydrogens (tertiary/aromatic N) is 1. The van der Waals surface area contributed by atoms with Crippen molar-refractivity contribution in [2.75, 3.05) is 32.6 Å². The molecule has 1 aromatic rings. The number of hydrogen-bond donors (Lipinski definition) is 3. The van der Waals surface area contributed by atoms with Gasteiger partial charge in [0.05, 0.1) is 12.1 Å². The second kappa shape index (κ2) is 10.9. The molecule has 0 aliphatic carbocycles. The Balaban J connectivity index is 0.00000529. The summed E-state index contributed by atoms with van der Waals surface area (Å²) in [5.41, 5.74) is 1.06. The Kier molecular flexibility index (Phi) is 10.1. The summed E-state index contributed by atoms with van der Waals surface area (Å²) in [5, 5.41) is 8.83. The van der Waals surface area contributed by atoms with Crippen molar-refractivity contribution in [3.05, 3.63) is 29.8 Å². The predicted molar refractivity (Wildman–Crippen MR) is 109 cm³/mol. The molecule has 0 aromatic heterocycles. The third-order valence-corrected chi connectivity index (χ3v) is 3.19. The molecule has 0 spiro atoms. The molecule has 1 aromatic carbocycles. The number of benzene rings is 1. The fourth-order valence-corrected chi connectivity index (χ4v) is 1.65. The highest BCUT2D eigenvalue weighted by atomic mass is 127. The number of carbonyl (C=O) groups excluding carboxylic acids is 1. The van der Waals surface area contributed by atoms with Crippen molar-refractivity contribution in [2.45, 2.75) is 19.4 Å². The molecular formula is C17H25IN4O2. The quantitative estimate of drug-likeness (QED) is 0.271. The van der Waals surface area contributed by atoms with Gasteiger partial charge in [-0.15, -0.1) is 30.4 Å². The van der Waals surface area contributed by atoms with Gasteiger partial charge in [0.25, 0.3) is 0 Å². The average Bonchev–Trinajstić information content (AvgIpc) is 2.55. The van der Waals surface area contributed by atoms with Crippen LogP contribution in [0, 0.1) is 12.3 Å². The molecule has 0 aliphatic rings. The molecule has 6 nitrogen and oxygen atoms in total. The fourth-order valence-electron chi connectivity index (χ4n) is 1.65. The first-order chi connectivity index (χ1) is 10.9. The van der Waals surface area contributed by atoms with Crippen molar-refractivity contribution in [1.29, 1.82) is 0 Å². The molecule has 0 atom stereocenters. The third kappa shape index (κ3) is 8.17. The Labute approximate surface area is 160 Å². The van der Waals surface area contributed by atoms with Crippen molar-refractivity contribution in [2.24, 2.45) is 4.99 Å². The molecule has 0 fully saturated rings. The highest BCUT2D eigenvalue weighted by Crippen LogP contribution is 2.09. The zero-order valence-corrected chi connectivity index (χ0v) is 16.8. The molecule has 0 heterocycles. The van der Waals surface area contributed by atoms with E-state index in [1.807, 2.05) is 13.8 Å². The molecule has 0 radical (unpaired) electrons. The lowest BCUT2D eigenvalue weighted by Crippen LogP contribution is -2.47. The van der Waals surface area contributed by atoms with Crippen molar-refractivity contribution in [1.82, 2.24) is 10.6 Å². The van der Waals surface area contributed by atoms with E-state index in [1.165, 1.54) is 0 Å². The summed E-state index contributed by atoms with van der Waals surface area (Å²) >= 11 is 0. The highest BCUT2D eigenvalue weighted by Gasteiger charge is 2.16. The van der Waals surface area contributed by atoms with Gasteiger partial charge in [-0.05, 0) is 32.0 Å². The number of aliphatic imine (C=N–C) groups is 1. The first kappa shape index (κ1) is 22.2. The number of carbonyl (C=O) groups is 1. The molecule has 3 N–H and O–H groups in total. The first-order valence-electron chi connectivity index (χ1n) is 7.26. The molecule has 132 valence electrons. The Bertz CT molecular complexity index is 609. The van der Waals surface area contributed by atoms with Crippen LogP contribution >= 0.6 is 24.0 Å². The summed E-state index contributed by atoms with van der Waals surface area (Å²) in [4.78, 5) is 16.0. The van der Waals surface area contributed by atoms with Crippen molar-refractivity contribution >= 4 is 41.5 Å². The van der Waals surface area contributed by atoms with E-state index in [0.29, 0.717) is 18.2 Å². The molecule has 0 unspecified atom stereocenters. The van der Waals surface area contributed by atoms with Crippen LogP contribution in [0.5, 0.6) is 0 Å². The minimum Gasteiger partial charge on any atom is -0.377 e. The molecular weight excluding hydrogens is 419 g/mol. The second-order valence-corrected chi connectivity index (χ2v) is 5.52. The predicted octanol–water partition coefficient (Wildman–Crippen LogP) is 1.81. The third-order valence-electron chi connectivity index (χ3n) is 3.19. The molecule has 24 heavy (non-hydrogen) atoms. The van der Waals surface area contributed by atoms with Crippen molar-refractivity contribution in [3.8, 4) is 12.3 Å². The van der Waals surface area contributed by atoms with Crippen LogP contribution in [0.15, 0.2) is 29.3 Å². The SMILES string of the molecule is C#Cc1cccc(NC(=O)CNC(=NC)NCC(C)(C)OC)c1.I. The smallest absolute Gasteiger partial charge is 0.243 e. The summed E-state index contributed by atoms with van der Waals surface area (Å²) in [6.45, 7) is 4.57. The number of hydrogen-bond acceptors (Lipinski definition) is 3. The van der Waals surface area contributed by atoms with E-state index in [9.17, 15) is 4.79 Å². The van der Waals surface area contributed by atoms with E-state index in [2.05, 4.69) is 26.9 Å². The van der Waals surface area contributed by atoms with Gasteiger partial charge in [-0.3, -0.25) is 9.79 Å². The van der Waals surface area contributed by atoms with Crippen LogP contribution in [0.1, 0.15) is 19.4 Å². The van der Waals surface area contributed by atoms with Gasteiger partial charge in [0.2, 0.25) is 5.91 Å². The maximum absolute atomic E-state index is 12.0. The van der Waals surface area contributed by atoms with Crippen molar-refractivity contribution in [3.63, 3.8) is 0 Å². The first-order valence-corrected chi connectivity index (χ1v) is 7.26. The molecule has 7 heteroatoms. The molecule has 0 saturated heterocycles. The number of terminal acetylenes is 1. The van der Waals surface area contributed by atoms with Gasteiger partial charge < -0.3 is 20.7 Å². The van der Waals surface area contributed by atoms with Crippen LogP contribution in [0.25, 0.3) is 0 Å². The van der Waals surface area contributed by atoms with Gasteiger partial charge >= 0.3 is 0 Å². The van der Waals surface area contributed by atoms with Gasteiger partial charge in [0.15, 0.2) is 5.96 Å². The monoisotopic (exact) mass is 444 g/mol. The number of nitrogens with one attached hydrogen (secondary N) is 3. The lowest BCUT2D eigenvalue weighted by atomic mass is 10.1. The van der Waals surface area contributed by atoms with Crippen LogP contribution in [0.2, 0.25) is 0 Å². The second-order valence-electron chi connectivity index (χ2n) is 5.52. The van der Waals surface area contributed by atoms with Gasteiger partial charge in [0.1, 0.15) is 0 Å². The minimum atomic E-state index is -0.324. The van der Waals surface area contributed by atoms with E-state index in [-0.39, 0.29) is 42.0 Å². The lowest BCUT2D eigenvalue weighted by molar-refractivity contribution is -0.115. The number of halogens is 1. The standard InChI is InChI=1S/C17H24N4O2.HI/c1-6-13-8-7-9-14(10-13)21-15(22)11-19-16(18-4)20-12-17(2,3)23-5;/h1,7-10H,11-12H2,2-5H3,(H,21,22)(H2,18,19,20);1H. The maximum Gasteiger partial charge on any atom is 0.243 e. The Morgan fingerprint density at radius 1 is 1.38 bits per heavy atom. The maximum atomic E-state index is 12.0. The zero-order chi connectivity index (χ0) is 17.3. The number of amides is 1. The Hall–Kier alpha value is -1.79. The average molecular weight is 444 g/mol. The van der Waals surface area contributed by atoms with E-state index < -0.39 is 0 Å². The Morgan fingerprint density at radius 3 is 2.67 bits per heavy atom. The van der Waals surface area contributed by atoms with Crippen LogP contribution in [-0.4, -0.2) is 44.7 Å². The topological polar surface area (TPSA) is 74.8 Å². The number of rotatable bonds is 6. The number of guanidine groups is 1. The summed E-state index contributed by atoms with van der Waals surface area (Å²) in [6.07, 6.45) is 5.34. The molecule has 0 bridgehead atoms. The van der Waals surface area contributed by atoms with Crippen LogP contribution in [0.3, 0.4) is 0 Å². The van der Waals surface area contributed by atoms with E-state index in [1.54, 1.807) is 38.4 Å². The summed E-state index contributed by atoms with van der Waals surface area (Å²) in [6, 6.07) is 7.13. The lowest BCUT2D eigenvalue weighted by Gasteiger charge is -2.24. The van der Waals surface area contributed by atoms with Gasteiger partial charge in [-0.2, -0.15) is 0 Å². The summed E-state index contributed by atoms with van der Waals surface area (Å²) < 4.78 is 5.32. The van der Waals surface area contributed by atoms with Crippen LogP contribution in [-0.2, 0) is 9.53 Å². The van der Waals surface area contributed by atoms with Gasteiger partial charge in [-0.25, -0.2) is 0 Å². The highest BCUT2D eigenvalue weighted by molar-refractivity contribution is 14.0. The fraction of sp³-hybridized carbons (Fsp3) is 0.412. The van der Waals surface area contributed by atoms with Gasteiger partial charge in [0, 0.05) is 32.0 Å². The number of methoxy groups -OCH3 is 1. The summed E-state index contributed by atoms with van der Waals surface area (Å²) in [5.74, 6) is 2.87. The van der Waals surface area contributed by atoms with Crippen LogP contribution < -0.4 is 16.0 Å². The Morgan fingerprint density at radius 2 is 2.08 bits per heavy atom. The minimum absolute atomic E-state index is 0. The zero-order valence-electron chi connectivity index (χ0n) is 14.5. The normalized spacial score (nSPS) is 11.0. The van der Waals surface area contributed by atoms with E-state index >= 15 is 0 Å². The van der Waals surface area contributed by atoms with Gasteiger partial charge in [-0.1, -0.05) is 12.0 Å².